The first-order valence-electron chi connectivity index (χ1n) is 10.4. The third kappa shape index (κ3) is 3.91. The van der Waals surface area contributed by atoms with Crippen LogP contribution in [0.5, 0.6) is 0 Å². The number of esters is 3. The van der Waals surface area contributed by atoms with Gasteiger partial charge in [-0.3, -0.25) is 14.6 Å². The molecule has 0 aromatic rings. The number of rotatable bonds is 8. The summed E-state index contributed by atoms with van der Waals surface area (Å²) in [6.45, 7) is 1.94. The molecule has 0 aromatic heterocycles. The molecule has 0 radical (unpaired) electrons. The van der Waals surface area contributed by atoms with Crippen molar-refractivity contribution in [1.82, 2.24) is 0 Å². The molecular formula is C19H23F2O9S-. The average Bonchev–Trinajstić information content (AvgIpc) is 3.36. The van der Waals surface area contributed by atoms with Crippen LogP contribution in [0.15, 0.2) is 0 Å². The van der Waals surface area contributed by atoms with Crippen molar-refractivity contribution >= 4 is 30.0 Å². The highest BCUT2D eigenvalue weighted by atomic mass is 32.2. The minimum Gasteiger partial charge on any atom is -0.691 e. The van der Waals surface area contributed by atoms with E-state index in [1.165, 1.54) is 0 Å². The van der Waals surface area contributed by atoms with Crippen molar-refractivity contribution in [3.05, 3.63) is 0 Å². The lowest BCUT2D eigenvalue weighted by Crippen LogP contribution is -2.47. The first-order valence-corrected chi connectivity index (χ1v) is 11.1. The third-order valence-corrected chi connectivity index (χ3v) is 7.69. The van der Waals surface area contributed by atoms with Crippen molar-refractivity contribution in [2.24, 2.45) is 23.7 Å². The van der Waals surface area contributed by atoms with E-state index in [2.05, 4.69) is 9.37 Å². The molecule has 3 saturated carbocycles. The molecule has 4 aliphatic rings. The van der Waals surface area contributed by atoms with Crippen LogP contribution in [0.4, 0.5) is 8.78 Å². The normalized spacial score (nSPS) is 35.7. The predicted molar refractivity (Wildman–Crippen MR) is 95.2 cm³/mol. The largest absolute Gasteiger partial charge is 0.691 e. The number of hydrogen-bond donors (Lipinski definition) is 0. The molecule has 0 N–H and O–H groups in total. The second kappa shape index (κ2) is 8.45. The van der Waals surface area contributed by atoms with Crippen LogP contribution in [0.25, 0.3) is 0 Å². The fraction of sp³-hybridized carbons (Fsp3) is 0.842. The van der Waals surface area contributed by atoms with E-state index in [4.69, 9.17) is 14.2 Å². The molecule has 6 unspecified atom stereocenters. The summed E-state index contributed by atoms with van der Waals surface area (Å²) in [7, 11) is 0. The Kier molecular flexibility index (Phi) is 6.18. The average molecular weight is 465 g/mol. The van der Waals surface area contributed by atoms with Crippen LogP contribution in [-0.4, -0.2) is 41.0 Å². The SMILES string of the molecule is CCC1(OC(=O)C2C3CC4C(OC(=O)C42)C3OC(=O)C(F)(F)SOO[O-])CCCCC1. The van der Waals surface area contributed by atoms with E-state index in [0.29, 0.717) is 12.8 Å². The first-order chi connectivity index (χ1) is 14.7. The zero-order valence-corrected chi connectivity index (χ0v) is 17.6. The Morgan fingerprint density at radius 3 is 2.61 bits per heavy atom. The molecule has 0 spiro atoms. The van der Waals surface area contributed by atoms with Crippen molar-refractivity contribution in [1.29, 1.82) is 0 Å². The highest BCUT2D eigenvalue weighted by molar-refractivity contribution is 7.96. The molecule has 4 fully saturated rings. The second-order valence-corrected chi connectivity index (χ2v) is 9.46. The molecule has 4 rings (SSSR count). The number of alkyl halides is 2. The minimum atomic E-state index is -4.22. The van der Waals surface area contributed by atoms with Gasteiger partial charge in [-0.15, -0.1) is 0 Å². The van der Waals surface area contributed by atoms with Crippen molar-refractivity contribution in [2.75, 3.05) is 0 Å². The molecule has 1 aliphatic heterocycles. The third-order valence-electron chi connectivity index (χ3n) is 7.19. The summed E-state index contributed by atoms with van der Waals surface area (Å²) in [6.07, 6.45) is 3.28. The van der Waals surface area contributed by atoms with Crippen LogP contribution >= 0.6 is 12.0 Å². The number of fused-ring (bicyclic) bond motifs is 1. The monoisotopic (exact) mass is 465 g/mol. The zero-order chi connectivity index (χ0) is 22.4. The quantitative estimate of drug-likeness (QED) is 0.173. The van der Waals surface area contributed by atoms with E-state index in [1.54, 1.807) is 0 Å². The summed E-state index contributed by atoms with van der Waals surface area (Å²) < 4.78 is 47.4. The zero-order valence-electron chi connectivity index (χ0n) is 16.8. The Bertz CT molecular complexity index is 742. The maximum absolute atomic E-state index is 13.8. The highest BCUT2D eigenvalue weighted by Gasteiger charge is 2.71. The number of ether oxygens (including phenoxy) is 3. The van der Waals surface area contributed by atoms with Crippen molar-refractivity contribution in [3.8, 4) is 0 Å². The summed E-state index contributed by atoms with van der Waals surface area (Å²) in [6, 6.07) is 0. The van der Waals surface area contributed by atoms with Crippen LogP contribution in [0, 0.1) is 23.7 Å². The van der Waals surface area contributed by atoms with Gasteiger partial charge in [-0.2, -0.15) is 13.1 Å². The summed E-state index contributed by atoms with van der Waals surface area (Å²) in [4.78, 5) is 37.6. The van der Waals surface area contributed by atoms with Crippen molar-refractivity contribution in [3.63, 3.8) is 0 Å². The van der Waals surface area contributed by atoms with Gasteiger partial charge in [0, 0.05) is 11.8 Å². The molecular weight excluding hydrogens is 442 g/mol. The fourth-order valence-electron chi connectivity index (χ4n) is 5.76. The molecule has 6 atom stereocenters. The Hall–Kier alpha value is -1.50. The molecule has 31 heavy (non-hydrogen) atoms. The van der Waals surface area contributed by atoms with Crippen LogP contribution in [0.3, 0.4) is 0 Å². The van der Waals surface area contributed by atoms with E-state index >= 15 is 0 Å². The van der Waals surface area contributed by atoms with Gasteiger partial charge in [-0.25, -0.2) is 4.79 Å². The molecule has 2 bridgehead atoms. The highest BCUT2D eigenvalue weighted by Crippen LogP contribution is 2.59. The van der Waals surface area contributed by atoms with Crippen LogP contribution in [0.1, 0.15) is 51.9 Å². The summed E-state index contributed by atoms with van der Waals surface area (Å²) >= 11 is -0.799. The van der Waals surface area contributed by atoms with Gasteiger partial charge >= 0.3 is 23.2 Å². The molecule has 1 saturated heterocycles. The second-order valence-electron chi connectivity index (χ2n) is 8.64. The molecule has 174 valence electrons. The van der Waals surface area contributed by atoms with E-state index in [9.17, 15) is 28.4 Å². The fourth-order valence-corrected chi connectivity index (χ4v) is 5.99. The van der Waals surface area contributed by atoms with Crippen LogP contribution in [-0.2, 0) is 38.0 Å². The van der Waals surface area contributed by atoms with Gasteiger partial charge in [0.1, 0.15) is 29.9 Å². The summed E-state index contributed by atoms with van der Waals surface area (Å²) in [5.41, 5.74) is -0.593. The van der Waals surface area contributed by atoms with Crippen LogP contribution < -0.4 is 5.26 Å². The molecule has 9 nitrogen and oxygen atoms in total. The van der Waals surface area contributed by atoms with Gasteiger partial charge < -0.3 is 19.5 Å². The topological polar surface area (TPSA) is 120 Å². The molecule has 1 heterocycles. The van der Waals surface area contributed by atoms with Crippen LogP contribution in [0.2, 0.25) is 0 Å². The van der Waals surface area contributed by atoms with Gasteiger partial charge in [0.15, 0.2) is 0 Å². The minimum absolute atomic E-state index is 0.330. The van der Waals surface area contributed by atoms with E-state index in [-0.39, 0.29) is 0 Å². The van der Waals surface area contributed by atoms with Crippen molar-refractivity contribution in [2.45, 2.75) is 74.9 Å². The Morgan fingerprint density at radius 1 is 1.26 bits per heavy atom. The Morgan fingerprint density at radius 2 is 1.97 bits per heavy atom. The molecule has 0 amide bonds. The molecule has 12 heteroatoms. The van der Waals surface area contributed by atoms with Gasteiger partial charge in [-0.05, 0) is 38.5 Å². The molecule has 0 aromatic carbocycles. The lowest BCUT2D eigenvalue weighted by molar-refractivity contribution is -0.777. The summed E-state index contributed by atoms with van der Waals surface area (Å²) in [5.74, 6) is -5.85. The van der Waals surface area contributed by atoms with E-state index in [0.717, 1.165) is 32.1 Å². The van der Waals surface area contributed by atoms with Crippen molar-refractivity contribution < 1.29 is 52.0 Å². The van der Waals surface area contributed by atoms with E-state index < -0.39 is 76.7 Å². The maximum Gasteiger partial charge on any atom is 0.415 e. The number of carbonyl (C=O) groups is 3. The van der Waals surface area contributed by atoms with Gasteiger partial charge in [0.05, 0.1) is 11.8 Å². The summed E-state index contributed by atoms with van der Waals surface area (Å²) in [5, 5.41) is 8.40. The predicted octanol–water partition coefficient (Wildman–Crippen LogP) is 1.83. The smallest absolute Gasteiger partial charge is 0.415 e. The lowest BCUT2D eigenvalue weighted by atomic mass is 9.77. The maximum atomic E-state index is 13.8. The van der Waals surface area contributed by atoms with Gasteiger partial charge in [0.2, 0.25) is 0 Å². The number of halogens is 2. The number of carbonyl (C=O) groups excluding carboxylic acids is 3. The first kappa shape index (κ1) is 22.7. The van der Waals surface area contributed by atoms with Gasteiger partial charge in [0.25, 0.3) is 0 Å². The van der Waals surface area contributed by atoms with Gasteiger partial charge in [-0.1, -0.05) is 13.3 Å². The standard InChI is InChI=1S/C19H24F2O9S/c1-2-18(6-4-3-5-7-18)28-16(23)12-10-8-9-11(12)15(22)26-13(9)14(10)27-17(24)19(20,21)31-30-29-25/h9-14,25H,2-8H2,1H3/p-1. The Balaban J connectivity index is 1.50. The number of hydrogen-bond acceptors (Lipinski definition) is 10. The van der Waals surface area contributed by atoms with E-state index in [1.807, 2.05) is 6.92 Å². The molecule has 3 aliphatic carbocycles. The lowest BCUT2D eigenvalue weighted by Gasteiger charge is -2.38. The Labute approximate surface area is 181 Å².